The number of fused-ring (bicyclic) bond motifs is 4. The minimum atomic E-state index is -0.353. The van der Waals surface area contributed by atoms with Crippen LogP contribution >= 0.6 is 0 Å². The average Bonchev–Trinajstić information content (AvgIpc) is 3.62. The largest absolute Gasteiger partial charge is 0.457 e. The van der Waals surface area contributed by atoms with Crippen molar-refractivity contribution in [2.24, 2.45) is 4.99 Å². The van der Waals surface area contributed by atoms with Gasteiger partial charge in [0.15, 0.2) is 0 Å². The average molecular weight is 675 g/mol. The number of hydrogen-bond acceptors (Lipinski definition) is 3. The lowest BCUT2D eigenvalue weighted by Gasteiger charge is -2.31. The molecule has 1 aromatic heterocycles. The Morgan fingerprint density at radius 1 is 0.769 bits per heavy atom. The quantitative estimate of drug-likeness (QED) is 0.135. The summed E-state index contributed by atoms with van der Waals surface area (Å²) in [5.41, 5.74) is 14.7. The molecule has 0 radical (unpaired) electrons. The van der Waals surface area contributed by atoms with Crippen molar-refractivity contribution >= 4 is 52.5 Å². The molecule has 1 aliphatic carbocycles. The summed E-state index contributed by atoms with van der Waals surface area (Å²) in [6, 6.07) is 36.1. The van der Waals surface area contributed by atoms with E-state index in [0.29, 0.717) is 5.42 Å². The lowest BCUT2D eigenvalue weighted by atomic mass is 9.80. The number of benzene rings is 5. The first-order chi connectivity index (χ1) is 25.3. The molecule has 0 N–H and O–H groups in total. The fourth-order valence-electron chi connectivity index (χ4n) is 7.70. The van der Waals surface area contributed by atoms with Gasteiger partial charge in [-0.15, -0.1) is 0 Å². The number of para-hydroxylation sites is 1. The number of anilines is 2. The van der Waals surface area contributed by atoms with E-state index in [1.165, 1.54) is 16.7 Å². The third-order valence-corrected chi connectivity index (χ3v) is 10.1. The zero-order chi connectivity index (χ0) is 36.6. The Hall–Kier alpha value is -6.45. The molecule has 7 rings (SSSR count). The van der Waals surface area contributed by atoms with E-state index in [-0.39, 0.29) is 5.41 Å². The van der Waals surface area contributed by atoms with Gasteiger partial charge in [-0.2, -0.15) is 0 Å². The zero-order valence-electron chi connectivity index (χ0n) is 30.1. The summed E-state index contributed by atoms with van der Waals surface area (Å²) in [5.74, 6) is 0. The second-order valence-electron chi connectivity index (χ2n) is 13.4. The van der Waals surface area contributed by atoms with Gasteiger partial charge in [-0.25, -0.2) is 0 Å². The van der Waals surface area contributed by atoms with Gasteiger partial charge in [-0.1, -0.05) is 138 Å². The number of furan rings is 1. The highest BCUT2D eigenvalue weighted by Crippen LogP contribution is 2.54. The molecule has 0 bridgehead atoms. The number of hydrogen-bond donors (Lipinski definition) is 0. The van der Waals surface area contributed by atoms with Crippen molar-refractivity contribution in [3.8, 4) is 22.3 Å². The molecule has 254 valence electrons. The molecule has 1 aliphatic rings. The number of rotatable bonds is 10. The van der Waals surface area contributed by atoms with E-state index in [0.717, 1.165) is 72.4 Å². The van der Waals surface area contributed by atoms with Crippen LogP contribution < -0.4 is 15.5 Å². The van der Waals surface area contributed by atoms with Gasteiger partial charge in [0.2, 0.25) is 0 Å². The van der Waals surface area contributed by atoms with Crippen molar-refractivity contribution in [1.29, 1.82) is 0 Å². The van der Waals surface area contributed by atoms with Crippen LogP contribution in [0.15, 0.2) is 163 Å². The molecule has 0 saturated carbocycles. The minimum Gasteiger partial charge on any atom is -0.457 e. The molecule has 0 saturated heterocycles. The van der Waals surface area contributed by atoms with Gasteiger partial charge in [0.25, 0.3) is 0 Å². The fourth-order valence-corrected chi connectivity index (χ4v) is 7.70. The highest BCUT2D eigenvalue weighted by atomic mass is 16.3. The number of nitrogens with zero attached hydrogens (tertiary/aromatic N) is 2. The summed E-state index contributed by atoms with van der Waals surface area (Å²) in [5, 5.41) is 1.85. The molecule has 3 heteroatoms. The SMILES string of the molecule is C=CN=C(/C=C\C)c1ccc2c(c1)C(C)(C)c1cc(N(/C(C=C)=c3/c(=C)oc4ccccc34)c3cccc(-c4ccccc4)c3)c(C=C)c(C=C)c1-2. The van der Waals surface area contributed by atoms with Crippen LogP contribution in [-0.2, 0) is 5.41 Å². The first-order valence-corrected chi connectivity index (χ1v) is 17.5. The Morgan fingerprint density at radius 2 is 1.50 bits per heavy atom. The molecule has 3 nitrogen and oxygen atoms in total. The van der Waals surface area contributed by atoms with Crippen LogP contribution in [-0.4, -0.2) is 5.71 Å². The normalized spacial score (nSPS) is 13.8. The van der Waals surface area contributed by atoms with Crippen LogP contribution in [0.5, 0.6) is 0 Å². The molecule has 52 heavy (non-hydrogen) atoms. The maximum Gasteiger partial charge on any atom is 0.135 e. The van der Waals surface area contributed by atoms with Gasteiger partial charge in [0.05, 0.1) is 22.3 Å². The lowest BCUT2D eigenvalue weighted by molar-refractivity contribution is 0.577. The minimum absolute atomic E-state index is 0.353. The summed E-state index contributed by atoms with van der Waals surface area (Å²) >= 11 is 0. The maximum atomic E-state index is 6.25. The monoisotopic (exact) mass is 674 g/mol. The van der Waals surface area contributed by atoms with Crippen molar-refractivity contribution in [2.75, 3.05) is 4.90 Å². The highest BCUT2D eigenvalue weighted by Gasteiger charge is 2.39. The van der Waals surface area contributed by atoms with Gasteiger partial charge in [0.1, 0.15) is 11.0 Å². The summed E-state index contributed by atoms with van der Waals surface area (Å²) in [6.45, 7) is 28.0. The molecule has 0 spiro atoms. The van der Waals surface area contributed by atoms with Crippen molar-refractivity contribution in [2.45, 2.75) is 26.2 Å². The van der Waals surface area contributed by atoms with Crippen LogP contribution in [0.2, 0.25) is 0 Å². The summed E-state index contributed by atoms with van der Waals surface area (Å²) in [4.78, 5) is 6.86. The Bertz CT molecular complexity index is 2590. The van der Waals surface area contributed by atoms with Crippen LogP contribution in [0.1, 0.15) is 48.6 Å². The summed E-state index contributed by atoms with van der Waals surface area (Å²) in [7, 11) is 0. The third kappa shape index (κ3) is 5.52. The van der Waals surface area contributed by atoms with E-state index >= 15 is 0 Å². The highest BCUT2D eigenvalue weighted by molar-refractivity contribution is 6.10. The van der Waals surface area contributed by atoms with Gasteiger partial charge >= 0.3 is 0 Å². The molecule has 5 aromatic carbocycles. The maximum absolute atomic E-state index is 6.25. The van der Waals surface area contributed by atoms with E-state index < -0.39 is 0 Å². The van der Waals surface area contributed by atoms with Crippen LogP contribution in [0.3, 0.4) is 0 Å². The molecule has 1 heterocycles. The van der Waals surface area contributed by atoms with Gasteiger partial charge in [0, 0.05) is 33.8 Å². The standard InChI is InChI=1S/C49H42N2O/c1-9-20-43(50-13-5)35-27-28-39-41(30-35)49(7,8)42-31-45(37(10-2)38(11-3)48(39)42)51(36-24-19-23-34(29-36)33-21-15-14-16-22-33)44(12-4)47-32(6)52-46-26-18-17-25-40(46)47/h9-31H,2-6H2,1,7-8H3/b20-9-,47-44-,50-43?. The van der Waals surface area contributed by atoms with E-state index in [2.05, 4.69) is 135 Å². The van der Waals surface area contributed by atoms with Crippen molar-refractivity contribution < 1.29 is 4.42 Å². The molecule has 0 atom stereocenters. The summed E-state index contributed by atoms with van der Waals surface area (Å²) in [6.07, 6.45) is 11.4. The predicted octanol–water partition coefficient (Wildman–Crippen LogP) is 11.7. The van der Waals surface area contributed by atoms with E-state index in [1.807, 2.05) is 61.6 Å². The Balaban J connectivity index is 1.57. The van der Waals surface area contributed by atoms with Crippen LogP contribution in [0, 0.1) is 0 Å². The Morgan fingerprint density at radius 3 is 2.21 bits per heavy atom. The molecular formula is C49H42N2O. The van der Waals surface area contributed by atoms with Crippen molar-refractivity contribution in [3.05, 3.63) is 192 Å². The Kier molecular flexibility index (Phi) is 8.96. The first kappa shape index (κ1) is 34.0. The Labute approximate surface area is 306 Å². The van der Waals surface area contributed by atoms with E-state index in [4.69, 9.17) is 4.42 Å². The lowest BCUT2D eigenvalue weighted by Crippen LogP contribution is -2.30. The van der Waals surface area contributed by atoms with Gasteiger partial charge in [-0.3, -0.25) is 4.99 Å². The van der Waals surface area contributed by atoms with Crippen LogP contribution in [0.4, 0.5) is 11.4 Å². The van der Waals surface area contributed by atoms with Gasteiger partial charge < -0.3 is 9.32 Å². The van der Waals surface area contributed by atoms with Crippen molar-refractivity contribution in [1.82, 2.24) is 0 Å². The predicted molar refractivity (Wildman–Crippen MR) is 224 cm³/mol. The zero-order valence-corrected chi connectivity index (χ0v) is 30.1. The molecule has 0 amide bonds. The molecule has 0 fully saturated rings. The van der Waals surface area contributed by atoms with Crippen LogP contribution in [0.25, 0.3) is 57.7 Å². The second-order valence-corrected chi connectivity index (χ2v) is 13.4. The van der Waals surface area contributed by atoms with Gasteiger partial charge in [-0.05, 0) is 88.4 Å². The number of allylic oxidation sites excluding steroid dienone is 2. The second kappa shape index (κ2) is 13.7. The first-order valence-electron chi connectivity index (χ1n) is 17.5. The van der Waals surface area contributed by atoms with Crippen molar-refractivity contribution in [3.63, 3.8) is 0 Å². The molecular weight excluding hydrogens is 633 g/mol. The molecule has 0 unspecified atom stereocenters. The topological polar surface area (TPSA) is 28.7 Å². The smallest absolute Gasteiger partial charge is 0.135 e. The van der Waals surface area contributed by atoms with E-state index in [1.54, 1.807) is 6.20 Å². The fraction of sp³-hybridized carbons (Fsp3) is 0.0816. The molecule has 0 aliphatic heterocycles. The summed E-state index contributed by atoms with van der Waals surface area (Å²) < 4.78 is 6.25. The number of aliphatic imine (C=N–C) groups is 1. The van der Waals surface area contributed by atoms with E-state index in [9.17, 15) is 0 Å². The third-order valence-electron chi connectivity index (χ3n) is 10.1. The molecule has 6 aromatic rings.